The Morgan fingerprint density at radius 2 is 2.00 bits per heavy atom. The summed E-state index contributed by atoms with van der Waals surface area (Å²) in [5, 5.41) is 23.1. The zero-order valence-electron chi connectivity index (χ0n) is 14.3. The molecule has 0 fully saturated rings. The second-order valence-electron chi connectivity index (χ2n) is 5.51. The maximum atomic E-state index is 8.83. The molecule has 3 rings (SSSR count). The maximum absolute atomic E-state index is 8.83. The number of hydrogen-bond acceptors (Lipinski definition) is 7. The summed E-state index contributed by atoms with van der Waals surface area (Å²) in [6.45, 7) is 0.676. The van der Waals surface area contributed by atoms with Crippen LogP contribution in [0.3, 0.4) is 0 Å². The molecule has 130 valence electrons. The largest absolute Gasteiger partial charge is 0.497 e. The predicted octanol–water partition coefficient (Wildman–Crippen LogP) is 3.15. The summed E-state index contributed by atoms with van der Waals surface area (Å²) in [5.41, 5.74) is 2.60. The summed E-state index contributed by atoms with van der Waals surface area (Å²) in [6.07, 6.45) is 2.36. The zero-order chi connectivity index (χ0) is 18.2. The van der Waals surface area contributed by atoms with E-state index in [1.165, 1.54) is 0 Å². The molecule has 7 heteroatoms. The molecule has 0 bridgehead atoms. The quantitative estimate of drug-likeness (QED) is 0.678. The second kappa shape index (κ2) is 8.44. The van der Waals surface area contributed by atoms with Crippen LogP contribution in [0.5, 0.6) is 5.75 Å². The number of nitrogens with one attached hydrogen (secondary N) is 2. The molecule has 0 saturated carbocycles. The Morgan fingerprint density at radius 1 is 1.15 bits per heavy atom. The van der Waals surface area contributed by atoms with Gasteiger partial charge >= 0.3 is 0 Å². The Balaban J connectivity index is 1.57. The lowest BCUT2D eigenvalue weighted by molar-refractivity contribution is 0.414. The van der Waals surface area contributed by atoms with E-state index in [0.29, 0.717) is 23.9 Å². The molecule has 0 spiro atoms. The highest BCUT2D eigenvalue weighted by atomic mass is 16.5. The van der Waals surface area contributed by atoms with Gasteiger partial charge in [-0.2, -0.15) is 15.3 Å². The summed E-state index contributed by atoms with van der Waals surface area (Å²) in [4.78, 5) is 4.39. The van der Waals surface area contributed by atoms with Gasteiger partial charge in [-0.3, -0.25) is 0 Å². The molecular weight excluding hydrogens is 328 g/mol. The molecule has 2 N–H and O–H groups in total. The van der Waals surface area contributed by atoms with Crippen molar-refractivity contribution in [2.24, 2.45) is 0 Å². The minimum atomic E-state index is 0.451. The van der Waals surface area contributed by atoms with Crippen molar-refractivity contribution in [2.45, 2.75) is 6.42 Å². The summed E-state index contributed by atoms with van der Waals surface area (Å²) in [5.74, 6) is 1.87. The third-order valence-corrected chi connectivity index (χ3v) is 3.68. The van der Waals surface area contributed by atoms with Gasteiger partial charge in [-0.15, -0.1) is 5.10 Å². The molecule has 0 aliphatic rings. The summed E-state index contributed by atoms with van der Waals surface area (Å²) < 4.78 is 5.23. The molecule has 0 saturated heterocycles. The van der Waals surface area contributed by atoms with E-state index in [0.717, 1.165) is 23.4 Å². The fourth-order valence-corrected chi connectivity index (χ4v) is 2.36. The Labute approximate surface area is 151 Å². The fourth-order valence-electron chi connectivity index (χ4n) is 2.36. The minimum Gasteiger partial charge on any atom is -0.497 e. The highest BCUT2D eigenvalue weighted by Gasteiger charge is 2.02. The van der Waals surface area contributed by atoms with Gasteiger partial charge in [0.2, 0.25) is 5.95 Å². The minimum absolute atomic E-state index is 0.451. The normalized spacial score (nSPS) is 10.0. The molecule has 0 unspecified atom stereocenters. The van der Waals surface area contributed by atoms with Crippen molar-refractivity contribution in [3.8, 4) is 11.8 Å². The van der Waals surface area contributed by atoms with Gasteiger partial charge in [-0.25, -0.2) is 0 Å². The monoisotopic (exact) mass is 346 g/mol. The zero-order valence-corrected chi connectivity index (χ0v) is 14.3. The first-order valence-corrected chi connectivity index (χ1v) is 8.10. The average molecular weight is 346 g/mol. The van der Waals surface area contributed by atoms with Gasteiger partial charge in [0.25, 0.3) is 0 Å². The first-order chi connectivity index (χ1) is 12.8. The van der Waals surface area contributed by atoms with E-state index in [1.807, 2.05) is 36.4 Å². The molecule has 2 aromatic carbocycles. The number of aromatic nitrogens is 3. The van der Waals surface area contributed by atoms with Gasteiger partial charge in [0.05, 0.1) is 24.9 Å². The number of nitrogens with zero attached hydrogens (tertiary/aromatic N) is 4. The summed E-state index contributed by atoms with van der Waals surface area (Å²) in [7, 11) is 1.66. The number of rotatable bonds is 7. The van der Waals surface area contributed by atoms with Crippen LogP contribution in [-0.4, -0.2) is 28.8 Å². The highest BCUT2D eigenvalue weighted by Crippen LogP contribution is 2.15. The molecule has 0 amide bonds. The van der Waals surface area contributed by atoms with Crippen LogP contribution in [0.2, 0.25) is 0 Å². The van der Waals surface area contributed by atoms with E-state index in [-0.39, 0.29) is 0 Å². The fraction of sp³-hybridized carbons (Fsp3) is 0.158. The summed E-state index contributed by atoms with van der Waals surface area (Å²) in [6, 6.07) is 17.1. The van der Waals surface area contributed by atoms with Crippen molar-refractivity contribution in [3.63, 3.8) is 0 Å². The highest BCUT2D eigenvalue weighted by molar-refractivity contribution is 5.57. The molecular formula is C19H18N6O. The van der Waals surface area contributed by atoms with Crippen LogP contribution in [0.1, 0.15) is 11.1 Å². The van der Waals surface area contributed by atoms with Crippen LogP contribution in [0.4, 0.5) is 17.5 Å². The number of nitriles is 1. The van der Waals surface area contributed by atoms with Crippen molar-refractivity contribution in [1.82, 2.24) is 15.2 Å². The van der Waals surface area contributed by atoms with Gasteiger partial charge in [0, 0.05) is 12.2 Å². The first kappa shape index (κ1) is 17.2. The molecule has 26 heavy (non-hydrogen) atoms. The van der Waals surface area contributed by atoms with Crippen molar-refractivity contribution >= 4 is 17.5 Å². The van der Waals surface area contributed by atoms with Gasteiger partial charge in [0.1, 0.15) is 5.75 Å². The molecule has 1 heterocycles. The lowest BCUT2D eigenvalue weighted by atomic mass is 10.1. The van der Waals surface area contributed by atoms with Crippen LogP contribution in [0, 0.1) is 11.3 Å². The van der Waals surface area contributed by atoms with E-state index >= 15 is 0 Å². The Morgan fingerprint density at radius 3 is 2.77 bits per heavy atom. The third kappa shape index (κ3) is 4.68. The SMILES string of the molecule is COc1cccc(CCNc2nncc(Nc3ccc(C#N)cc3)n2)c1. The third-order valence-electron chi connectivity index (χ3n) is 3.68. The van der Waals surface area contributed by atoms with Crippen molar-refractivity contribution in [3.05, 3.63) is 65.9 Å². The smallest absolute Gasteiger partial charge is 0.244 e. The van der Waals surface area contributed by atoms with E-state index in [1.54, 1.807) is 25.4 Å². The Bertz CT molecular complexity index is 904. The van der Waals surface area contributed by atoms with Crippen LogP contribution >= 0.6 is 0 Å². The maximum Gasteiger partial charge on any atom is 0.244 e. The number of methoxy groups -OCH3 is 1. The number of benzene rings is 2. The van der Waals surface area contributed by atoms with E-state index in [4.69, 9.17) is 10.00 Å². The van der Waals surface area contributed by atoms with Gasteiger partial charge in [-0.1, -0.05) is 12.1 Å². The van der Waals surface area contributed by atoms with E-state index in [2.05, 4.69) is 31.9 Å². The van der Waals surface area contributed by atoms with Crippen LogP contribution in [-0.2, 0) is 6.42 Å². The van der Waals surface area contributed by atoms with Crippen LogP contribution in [0.15, 0.2) is 54.7 Å². The van der Waals surface area contributed by atoms with E-state index in [9.17, 15) is 0 Å². The molecule has 0 aliphatic carbocycles. The molecule has 3 aromatic rings. The van der Waals surface area contributed by atoms with Crippen molar-refractivity contribution in [1.29, 1.82) is 5.26 Å². The molecule has 0 aliphatic heterocycles. The topological polar surface area (TPSA) is 95.8 Å². The summed E-state index contributed by atoms with van der Waals surface area (Å²) >= 11 is 0. The second-order valence-corrected chi connectivity index (χ2v) is 5.51. The molecule has 7 nitrogen and oxygen atoms in total. The number of anilines is 3. The van der Waals surface area contributed by atoms with Crippen LogP contribution < -0.4 is 15.4 Å². The molecule has 0 atom stereocenters. The standard InChI is InChI=1S/C19H18N6O/c1-26-17-4-2-3-14(11-17)9-10-21-19-24-18(13-22-25-19)23-16-7-5-15(12-20)6-8-16/h2-8,11,13H,9-10H2,1H3,(H2,21,23,24,25). The molecule has 1 aromatic heterocycles. The average Bonchev–Trinajstić information content (AvgIpc) is 2.69. The van der Waals surface area contributed by atoms with E-state index < -0.39 is 0 Å². The van der Waals surface area contributed by atoms with Crippen molar-refractivity contribution < 1.29 is 4.74 Å². The van der Waals surface area contributed by atoms with Gasteiger partial charge < -0.3 is 15.4 Å². The Kier molecular flexibility index (Phi) is 5.58. The predicted molar refractivity (Wildman–Crippen MR) is 99.5 cm³/mol. The molecule has 0 radical (unpaired) electrons. The Hall–Kier alpha value is -3.66. The number of ether oxygens (including phenoxy) is 1. The lowest BCUT2D eigenvalue weighted by Crippen LogP contribution is -2.09. The van der Waals surface area contributed by atoms with Gasteiger partial charge in [0.15, 0.2) is 5.82 Å². The number of hydrogen-bond donors (Lipinski definition) is 2. The van der Waals surface area contributed by atoms with Gasteiger partial charge in [-0.05, 0) is 48.4 Å². The first-order valence-electron chi connectivity index (χ1n) is 8.10. The van der Waals surface area contributed by atoms with Crippen LogP contribution in [0.25, 0.3) is 0 Å². The van der Waals surface area contributed by atoms with Crippen molar-refractivity contribution in [2.75, 3.05) is 24.3 Å². The lowest BCUT2D eigenvalue weighted by Gasteiger charge is -2.08.